The van der Waals surface area contributed by atoms with Gasteiger partial charge in [0.05, 0.1) is 13.2 Å². The number of nitrogens with zero attached hydrogens (tertiary/aromatic N) is 1. The van der Waals surface area contributed by atoms with Gasteiger partial charge in [-0.2, -0.15) is 0 Å². The summed E-state index contributed by atoms with van der Waals surface area (Å²) in [6.07, 6.45) is 0.811. The number of rotatable bonds is 2. The fourth-order valence-corrected chi connectivity index (χ4v) is 1.99. The van der Waals surface area contributed by atoms with Gasteiger partial charge in [0.1, 0.15) is 5.75 Å². The van der Waals surface area contributed by atoms with Gasteiger partial charge in [-0.15, -0.1) is 0 Å². The molecule has 3 nitrogen and oxygen atoms in total. The van der Waals surface area contributed by atoms with E-state index < -0.39 is 0 Å². The van der Waals surface area contributed by atoms with Crippen LogP contribution in [0.25, 0.3) is 0 Å². The summed E-state index contributed by atoms with van der Waals surface area (Å²) in [4.78, 5) is 14.0. The van der Waals surface area contributed by atoms with Crippen LogP contribution in [0.15, 0.2) is 18.2 Å². The summed E-state index contributed by atoms with van der Waals surface area (Å²) < 4.78 is 5.12. The zero-order valence-corrected chi connectivity index (χ0v) is 9.28. The third kappa shape index (κ3) is 1.63. The lowest BCUT2D eigenvalue weighted by Gasteiger charge is -2.16. The smallest absolute Gasteiger partial charge is 0.180 e. The van der Waals surface area contributed by atoms with Crippen LogP contribution in [0.1, 0.15) is 15.9 Å². The lowest BCUT2D eigenvalue weighted by Crippen LogP contribution is -2.33. The highest BCUT2D eigenvalue weighted by molar-refractivity contribution is 6.04. The highest BCUT2D eigenvalue weighted by atomic mass is 16.5. The van der Waals surface area contributed by atoms with Crippen LogP contribution in [0.5, 0.6) is 5.75 Å². The number of carbonyl (C=O) groups excluding carboxylic acids is 1. The first-order chi connectivity index (χ1) is 7.13. The predicted molar refractivity (Wildman–Crippen MR) is 58.5 cm³/mol. The van der Waals surface area contributed by atoms with Crippen LogP contribution < -0.4 is 4.74 Å². The van der Waals surface area contributed by atoms with E-state index >= 15 is 0 Å². The molecule has 0 saturated carbocycles. The van der Waals surface area contributed by atoms with E-state index in [1.807, 2.05) is 37.2 Å². The number of carbonyl (C=O) groups is 1. The molecule has 80 valence electrons. The largest absolute Gasteiger partial charge is 0.497 e. The van der Waals surface area contributed by atoms with Crippen molar-refractivity contribution in [2.75, 3.05) is 21.2 Å². The van der Waals surface area contributed by atoms with Gasteiger partial charge in [-0.3, -0.25) is 9.69 Å². The summed E-state index contributed by atoms with van der Waals surface area (Å²) in [5, 5.41) is 0. The zero-order chi connectivity index (χ0) is 11.0. The Bertz CT molecular complexity index is 399. The number of methoxy groups -OCH3 is 1. The van der Waals surface area contributed by atoms with Gasteiger partial charge in [0.25, 0.3) is 0 Å². The molecule has 0 radical (unpaired) electrons. The molecule has 1 unspecified atom stereocenters. The minimum atomic E-state index is -0.00731. The van der Waals surface area contributed by atoms with Crippen molar-refractivity contribution < 1.29 is 9.53 Å². The molecular weight excluding hydrogens is 190 g/mol. The van der Waals surface area contributed by atoms with Crippen molar-refractivity contribution in [3.8, 4) is 5.75 Å². The third-order valence-corrected chi connectivity index (χ3v) is 2.92. The van der Waals surface area contributed by atoms with E-state index in [0.29, 0.717) is 0 Å². The van der Waals surface area contributed by atoms with E-state index in [-0.39, 0.29) is 11.8 Å². The topological polar surface area (TPSA) is 29.5 Å². The van der Waals surface area contributed by atoms with Crippen molar-refractivity contribution in [1.82, 2.24) is 4.90 Å². The quantitative estimate of drug-likeness (QED) is 0.730. The van der Waals surface area contributed by atoms with E-state index in [1.54, 1.807) is 7.11 Å². The van der Waals surface area contributed by atoms with Gasteiger partial charge < -0.3 is 4.74 Å². The molecule has 0 heterocycles. The lowest BCUT2D eigenvalue weighted by molar-refractivity contribution is 0.0896. The second-order valence-corrected chi connectivity index (χ2v) is 4.07. The molecule has 1 aromatic carbocycles. The minimum Gasteiger partial charge on any atom is -0.497 e. The second kappa shape index (κ2) is 3.66. The van der Waals surface area contributed by atoms with Crippen LogP contribution in [-0.2, 0) is 6.42 Å². The number of Topliss-reactive ketones (excluding diaryl/α,β-unsaturated/α-hetero) is 1. The van der Waals surface area contributed by atoms with E-state index in [0.717, 1.165) is 23.3 Å². The summed E-state index contributed by atoms with van der Waals surface area (Å²) in [5.41, 5.74) is 1.94. The average molecular weight is 205 g/mol. The number of ketones is 1. The molecule has 0 amide bonds. The molecule has 15 heavy (non-hydrogen) atoms. The highest BCUT2D eigenvalue weighted by Gasteiger charge is 2.31. The summed E-state index contributed by atoms with van der Waals surface area (Å²) >= 11 is 0. The highest BCUT2D eigenvalue weighted by Crippen LogP contribution is 2.27. The van der Waals surface area contributed by atoms with Crippen LogP contribution in [0, 0.1) is 0 Å². The van der Waals surface area contributed by atoms with Gasteiger partial charge in [-0.05, 0) is 38.2 Å². The van der Waals surface area contributed by atoms with Gasteiger partial charge in [0.15, 0.2) is 5.78 Å². The van der Waals surface area contributed by atoms with Crippen LogP contribution in [0.2, 0.25) is 0 Å². The molecule has 3 heteroatoms. The second-order valence-electron chi connectivity index (χ2n) is 4.07. The first-order valence-corrected chi connectivity index (χ1v) is 5.01. The predicted octanol–water partition coefficient (Wildman–Crippen LogP) is 1.36. The molecule has 1 aliphatic rings. The molecular formula is C12H15NO2. The van der Waals surface area contributed by atoms with Crippen LogP contribution in [-0.4, -0.2) is 37.9 Å². The zero-order valence-electron chi connectivity index (χ0n) is 9.28. The Balaban J connectivity index is 2.38. The van der Waals surface area contributed by atoms with E-state index in [4.69, 9.17) is 4.74 Å². The summed E-state index contributed by atoms with van der Waals surface area (Å²) in [6, 6.07) is 5.72. The van der Waals surface area contributed by atoms with E-state index in [1.165, 1.54) is 0 Å². The van der Waals surface area contributed by atoms with Crippen molar-refractivity contribution in [1.29, 1.82) is 0 Å². The normalized spacial score (nSPS) is 19.5. The number of fused-ring (bicyclic) bond motifs is 1. The molecule has 1 atom stereocenters. The molecule has 0 spiro atoms. The SMILES string of the molecule is COc1ccc2c(c1)C(=O)C(N(C)C)C2. The molecule has 1 aromatic rings. The maximum Gasteiger partial charge on any atom is 0.180 e. The molecule has 2 rings (SSSR count). The Labute approximate surface area is 89.7 Å². The maximum atomic E-state index is 12.0. The van der Waals surface area contributed by atoms with Crippen molar-refractivity contribution in [2.45, 2.75) is 12.5 Å². The van der Waals surface area contributed by atoms with Crippen molar-refractivity contribution in [3.63, 3.8) is 0 Å². The van der Waals surface area contributed by atoms with Crippen molar-refractivity contribution in [3.05, 3.63) is 29.3 Å². The molecule has 0 saturated heterocycles. The first kappa shape index (κ1) is 10.2. The Morgan fingerprint density at radius 2 is 2.13 bits per heavy atom. The van der Waals surface area contributed by atoms with Gasteiger partial charge >= 0.3 is 0 Å². The monoisotopic (exact) mass is 205 g/mol. The minimum absolute atomic E-state index is 0.00731. The Morgan fingerprint density at radius 1 is 1.40 bits per heavy atom. The molecule has 1 aliphatic carbocycles. The summed E-state index contributed by atoms with van der Waals surface area (Å²) in [6.45, 7) is 0. The Hall–Kier alpha value is -1.35. The summed E-state index contributed by atoms with van der Waals surface area (Å²) in [5.74, 6) is 0.954. The standard InChI is InChI=1S/C12H15NO2/c1-13(2)11-6-8-4-5-9(15-3)7-10(8)12(11)14/h4-5,7,11H,6H2,1-3H3. The summed E-state index contributed by atoms with van der Waals surface area (Å²) in [7, 11) is 5.49. The van der Waals surface area contributed by atoms with E-state index in [9.17, 15) is 4.79 Å². The van der Waals surface area contributed by atoms with Crippen molar-refractivity contribution in [2.24, 2.45) is 0 Å². The molecule has 0 aliphatic heterocycles. The Kier molecular flexibility index (Phi) is 2.49. The molecule has 0 N–H and O–H groups in total. The average Bonchev–Trinajstić information content (AvgIpc) is 2.56. The molecule has 0 fully saturated rings. The number of hydrogen-bond donors (Lipinski definition) is 0. The van der Waals surface area contributed by atoms with Gasteiger partial charge in [0.2, 0.25) is 0 Å². The molecule has 0 bridgehead atoms. The lowest BCUT2D eigenvalue weighted by atomic mass is 10.1. The van der Waals surface area contributed by atoms with Crippen LogP contribution in [0.3, 0.4) is 0 Å². The third-order valence-electron chi connectivity index (χ3n) is 2.92. The van der Waals surface area contributed by atoms with Crippen molar-refractivity contribution >= 4 is 5.78 Å². The van der Waals surface area contributed by atoms with Gasteiger partial charge in [-0.25, -0.2) is 0 Å². The number of benzene rings is 1. The maximum absolute atomic E-state index is 12.0. The van der Waals surface area contributed by atoms with Gasteiger partial charge in [-0.1, -0.05) is 6.07 Å². The number of likely N-dealkylation sites (N-methyl/N-ethyl adjacent to an activating group) is 1. The van der Waals surface area contributed by atoms with Crippen LogP contribution in [0.4, 0.5) is 0 Å². The fraction of sp³-hybridized carbons (Fsp3) is 0.417. The van der Waals surface area contributed by atoms with E-state index in [2.05, 4.69) is 0 Å². The number of hydrogen-bond acceptors (Lipinski definition) is 3. The Morgan fingerprint density at radius 3 is 2.73 bits per heavy atom. The van der Waals surface area contributed by atoms with Gasteiger partial charge in [0, 0.05) is 5.56 Å². The molecule has 0 aromatic heterocycles. The fourth-order valence-electron chi connectivity index (χ4n) is 1.99. The number of ether oxygens (including phenoxy) is 1. The first-order valence-electron chi connectivity index (χ1n) is 5.01. The van der Waals surface area contributed by atoms with Crippen LogP contribution >= 0.6 is 0 Å².